The Bertz CT molecular complexity index is 762. The van der Waals surface area contributed by atoms with Crippen molar-refractivity contribution in [1.82, 2.24) is 9.78 Å². The number of nitrogens with zero attached hydrogens (tertiary/aromatic N) is 3. The molecule has 0 spiro atoms. The minimum absolute atomic E-state index is 0.586. The van der Waals surface area contributed by atoms with Gasteiger partial charge in [0.05, 0.1) is 16.9 Å². The van der Waals surface area contributed by atoms with Gasteiger partial charge < -0.3 is 5.32 Å². The van der Waals surface area contributed by atoms with E-state index >= 15 is 0 Å². The van der Waals surface area contributed by atoms with Crippen molar-refractivity contribution < 1.29 is 0 Å². The van der Waals surface area contributed by atoms with Crippen LogP contribution in [0.25, 0.3) is 5.69 Å². The zero-order chi connectivity index (χ0) is 16.4. The van der Waals surface area contributed by atoms with Crippen LogP contribution in [0.1, 0.15) is 67.7 Å². The summed E-state index contributed by atoms with van der Waals surface area (Å²) in [5, 5.41) is 18.1. The number of benzene rings is 1. The van der Waals surface area contributed by atoms with Gasteiger partial charge in [-0.25, -0.2) is 4.68 Å². The molecule has 24 heavy (non-hydrogen) atoms. The van der Waals surface area contributed by atoms with Crippen molar-refractivity contribution in [2.45, 2.75) is 57.3 Å². The number of anilines is 1. The lowest BCUT2D eigenvalue weighted by Crippen LogP contribution is -2.09. The van der Waals surface area contributed by atoms with Crippen molar-refractivity contribution in [1.29, 1.82) is 5.26 Å². The molecule has 1 aliphatic carbocycles. The maximum Gasteiger partial charge on any atom is 0.133 e. The smallest absolute Gasteiger partial charge is 0.133 e. The number of rotatable bonds is 2. The molecule has 4 nitrogen and oxygen atoms in total. The predicted molar refractivity (Wildman–Crippen MR) is 95.5 cm³/mol. The monoisotopic (exact) mass is 320 g/mol. The molecule has 1 N–H and O–H groups in total. The van der Waals surface area contributed by atoms with Crippen molar-refractivity contribution >= 4 is 5.82 Å². The summed E-state index contributed by atoms with van der Waals surface area (Å²) in [5.41, 5.74) is 4.26. The maximum atomic E-state index is 9.48. The van der Waals surface area contributed by atoms with E-state index in [1.165, 1.54) is 56.2 Å². The van der Waals surface area contributed by atoms with Gasteiger partial charge in [0.25, 0.3) is 0 Å². The van der Waals surface area contributed by atoms with E-state index in [0.717, 1.165) is 24.5 Å². The third-order valence-electron chi connectivity index (χ3n) is 5.41. The van der Waals surface area contributed by atoms with E-state index in [-0.39, 0.29) is 0 Å². The zero-order valence-corrected chi connectivity index (χ0v) is 14.1. The molecule has 0 amide bonds. The first-order chi connectivity index (χ1) is 11.9. The second-order valence-corrected chi connectivity index (χ2v) is 6.97. The lowest BCUT2D eigenvalue weighted by molar-refractivity contribution is 0.432. The first-order valence-electron chi connectivity index (χ1n) is 9.23. The van der Waals surface area contributed by atoms with Gasteiger partial charge in [-0.3, -0.25) is 0 Å². The van der Waals surface area contributed by atoms with Crippen LogP contribution in [0.15, 0.2) is 24.3 Å². The highest BCUT2D eigenvalue weighted by molar-refractivity contribution is 5.59. The highest BCUT2D eigenvalue weighted by Gasteiger charge is 2.27. The Hall–Kier alpha value is -2.28. The fraction of sp³-hybridized carbons (Fsp3) is 0.500. The molecular formula is C20H24N4. The number of hydrogen-bond donors (Lipinski definition) is 1. The molecule has 1 aliphatic heterocycles. The number of hydrogen-bond acceptors (Lipinski definition) is 3. The summed E-state index contributed by atoms with van der Waals surface area (Å²) >= 11 is 0. The van der Waals surface area contributed by atoms with Crippen molar-refractivity contribution in [3.05, 3.63) is 41.1 Å². The van der Waals surface area contributed by atoms with E-state index in [1.54, 1.807) is 0 Å². The third-order valence-corrected chi connectivity index (χ3v) is 5.41. The lowest BCUT2D eigenvalue weighted by Gasteiger charge is -2.20. The molecule has 2 aromatic rings. The second-order valence-electron chi connectivity index (χ2n) is 6.97. The van der Waals surface area contributed by atoms with Crippen LogP contribution < -0.4 is 5.32 Å². The van der Waals surface area contributed by atoms with Gasteiger partial charge in [-0.05, 0) is 44.2 Å². The van der Waals surface area contributed by atoms with Crippen LogP contribution in [0, 0.1) is 11.3 Å². The summed E-state index contributed by atoms with van der Waals surface area (Å²) in [6.45, 7) is 0.984. The molecule has 2 aliphatic rings. The van der Waals surface area contributed by atoms with E-state index in [0.29, 0.717) is 11.5 Å². The molecular weight excluding hydrogens is 296 g/mol. The van der Waals surface area contributed by atoms with Crippen LogP contribution in [-0.4, -0.2) is 16.3 Å². The normalized spacial score (nSPS) is 18.3. The van der Waals surface area contributed by atoms with Gasteiger partial charge in [-0.15, -0.1) is 0 Å². The van der Waals surface area contributed by atoms with Crippen molar-refractivity contribution in [3.8, 4) is 11.8 Å². The first-order valence-corrected chi connectivity index (χ1v) is 9.23. The summed E-state index contributed by atoms with van der Waals surface area (Å²) in [6, 6.07) is 10.1. The quantitative estimate of drug-likeness (QED) is 0.884. The molecule has 124 valence electrons. The molecule has 1 fully saturated rings. The van der Waals surface area contributed by atoms with Gasteiger partial charge >= 0.3 is 0 Å². The average Bonchev–Trinajstić information content (AvgIpc) is 2.83. The van der Waals surface area contributed by atoms with Crippen molar-refractivity contribution in [3.63, 3.8) is 0 Å². The van der Waals surface area contributed by atoms with Crippen LogP contribution in [0.2, 0.25) is 0 Å². The topological polar surface area (TPSA) is 53.6 Å². The Labute approximate surface area is 143 Å². The van der Waals surface area contributed by atoms with Gasteiger partial charge in [-0.1, -0.05) is 31.4 Å². The molecule has 0 saturated heterocycles. The minimum Gasteiger partial charge on any atom is -0.370 e. The fourth-order valence-electron chi connectivity index (χ4n) is 4.16. The molecule has 0 radical (unpaired) electrons. The van der Waals surface area contributed by atoms with Crippen LogP contribution in [0.4, 0.5) is 5.82 Å². The molecule has 1 saturated carbocycles. The van der Waals surface area contributed by atoms with Gasteiger partial charge in [0, 0.05) is 18.0 Å². The number of nitrogens with one attached hydrogen (secondary N) is 1. The van der Waals surface area contributed by atoms with Crippen LogP contribution >= 0.6 is 0 Å². The summed E-state index contributed by atoms with van der Waals surface area (Å²) in [6.07, 6.45) is 10.00. The molecule has 1 aromatic carbocycles. The Morgan fingerprint density at radius 2 is 1.92 bits per heavy atom. The molecule has 0 atom stereocenters. The van der Waals surface area contributed by atoms with Crippen LogP contribution in [0.5, 0.6) is 0 Å². The fourth-order valence-corrected chi connectivity index (χ4v) is 4.16. The van der Waals surface area contributed by atoms with E-state index in [4.69, 9.17) is 5.10 Å². The van der Waals surface area contributed by atoms with E-state index in [2.05, 4.69) is 11.4 Å². The largest absolute Gasteiger partial charge is 0.370 e. The lowest BCUT2D eigenvalue weighted by atomic mass is 9.85. The second kappa shape index (κ2) is 6.68. The van der Waals surface area contributed by atoms with E-state index < -0.39 is 0 Å². The Morgan fingerprint density at radius 3 is 2.75 bits per heavy atom. The molecule has 4 rings (SSSR count). The Morgan fingerprint density at radius 1 is 1.08 bits per heavy atom. The first kappa shape index (κ1) is 15.3. The number of para-hydroxylation sites is 1. The van der Waals surface area contributed by atoms with E-state index in [1.807, 2.05) is 28.9 Å². The minimum atomic E-state index is 0.586. The van der Waals surface area contributed by atoms with Gasteiger partial charge in [0.1, 0.15) is 11.9 Å². The molecule has 0 unspecified atom stereocenters. The number of fused-ring (bicyclic) bond motifs is 1. The molecule has 2 heterocycles. The third kappa shape index (κ3) is 2.69. The number of nitriles is 1. The van der Waals surface area contributed by atoms with Gasteiger partial charge in [-0.2, -0.15) is 10.4 Å². The zero-order valence-electron chi connectivity index (χ0n) is 14.1. The highest BCUT2D eigenvalue weighted by Crippen LogP contribution is 2.38. The highest BCUT2D eigenvalue weighted by atomic mass is 15.3. The molecule has 0 bridgehead atoms. The Balaban J connectivity index is 1.85. The van der Waals surface area contributed by atoms with Crippen LogP contribution in [-0.2, 0) is 6.42 Å². The predicted octanol–water partition coefficient (Wildman–Crippen LogP) is 4.54. The van der Waals surface area contributed by atoms with Crippen molar-refractivity contribution in [2.75, 3.05) is 11.9 Å². The van der Waals surface area contributed by atoms with Crippen LogP contribution in [0.3, 0.4) is 0 Å². The van der Waals surface area contributed by atoms with Gasteiger partial charge in [0.2, 0.25) is 0 Å². The molecule has 1 aromatic heterocycles. The maximum absolute atomic E-state index is 9.48. The summed E-state index contributed by atoms with van der Waals surface area (Å²) < 4.78 is 2.00. The number of aromatic nitrogens is 2. The summed E-state index contributed by atoms with van der Waals surface area (Å²) in [4.78, 5) is 0. The summed E-state index contributed by atoms with van der Waals surface area (Å²) in [7, 11) is 0. The average molecular weight is 320 g/mol. The van der Waals surface area contributed by atoms with E-state index in [9.17, 15) is 5.26 Å². The SMILES string of the molecule is N#Cc1ccccc1-n1nc(C2CCCCC2)c2c1NCCCC2. The van der Waals surface area contributed by atoms with Crippen molar-refractivity contribution in [2.24, 2.45) is 0 Å². The molecule has 4 heteroatoms. The standard InChI is InChI=1S/C20H24N4/c21-14-16-10-4-5-12-18(16)24-20-17(11-6-7-13-22-20)19(23-24)15-8-2-1-3-9-15/h4-5,10,12,15,22H,1-3,6-9,11,13H2. The van der Waals surface area contributed by atoms with Gasteiger partial charge in [0.15, 0.2) is 0 Å². The summed E-state index contributed by atoms with van der Waals surface area (Å²) in [5.74, 6) is 1.71. The Kier molecular flexibility index (Phi) is 4.25.